The predicted molar refractivity (Wildman–Crippen MR) is 97.9 cm³/mol. The Morgan fingerprint density at radius 3 is 2.25 bits per heavy atom. The molecule has 0 unspecified atom stereocenters. The van der Waals surface area contributed by atoms with Crippen molar-refractivity contribution in [3.05, 3.63) is 65.2 Å². The summed E-state index contributed by atoms with van der Waals surface area (Å²) in [5.74, 6) is 0.354. The first-order valence-corrected chi connectivity index (χ1v) is 8.67. The Morgan fingerprint density at radius 1 is 0.875 bits per heavy atom. The summed E-state index contributed by atoms with van der Waals surface area (Å²) in [5, 5.41) is 13.2. The van der Waals surface area contributed by atoms with Gasteiger partial charge in [-0.25, -0.2) is 0 Å². The zero-order valence-electron chi connectivity index (χ0n) is 14.4. The van der Waals surface area contributed by atoms with Gasteiger partial charge in [0.05, 0.1) is 0 Å². The zero-order valence-corrected chi connectivity index (χ0v) is 14.4. The van der Waals surface area contributed by atoms with Crippen LogP contribution in [0.15, 0.2) is 48.5 Å². The first-order chi connectivity index (χ1) is 11.7. The second-order valence-corrected chi connectivity index (χ2v) is 6.63. The molecule has 0 spiro atoms. The van der Waals surface area contributed by atoms with Crippen LogP contribution in [0.2, 0.25) is 0 Å². The molecule has 4 nitrogen and oxygen atoms in total. The van der Waals surface area contributed by atoms with Crippen LogP contribution in [0.1, 0.15) is 16.7 Å². The average Bonchev–Trinajstić information content (AvgIpc) is 2.60. The van der Waals surface area contributed by atoms with E-state index < -0.39 is 0 Å². The molecule has 2 aromatic carbocycles. The van der Waals surface area contributed by atoms with Crippen molar-refractivity contribution in [2.75, 3.05) is 33.2 Å². The molecule has 4 heteroatoms. The van der Waals surface area contributed by atoms with Crippen molar-refractivity contribution in [3.8, 4) is 5.75 Å². The van der Waals surface area contributed by atoms with Crippen molar-refractivity contribution < 1.29 is 5.11 Å². The second-order valence-electron chi connectivity index (χ2n) is 6.63. The summed E-state index contributed by atoms with van der Waals surface area (Å²) in [5.41, 5.74) is 3.58. The van der Waals surface area contributed by atoms with Crippen LogP contribution in [-0.4, -0.2) is 48.1 Å². The Morgan fingerprint density at radius 2 is 1.54 bits per heavy atom. The van der Waals surface area contributed by atoms with Crippen molar-refractivity contribution in [1.82, 2.24) is 15.1 Å². The number of rotatable bonds is 6. The van der Waals surface area contributed by atoms with Crippen molar-refractivity contribution >= 4 is 0 Å². The minimum Gasteiger partial charge on any atom is -0.508 e. The Hall–Kier alpha value is -1.88. The van der Waals surface area contributed by atoms with E-state index >= 15 is 0 Å². The van der Waals surface area contributed by atoms with Gasteiger partial charge in [-0.2, -0.15) is 0 Å². The molecule has 0 saturated carbocycles. The second kappa shape index (κ2) is 8.29. The number of benzene rings is 2. The van der Waals surface area contributed by atoms with Gasteiger partial charge in [0.1, 0.15) is 5.75 Å². The number of nitrogens with one attached hydrogen (secondary N) is 1. The first kappa shape index (κ1) is 17.0. The Kier molecular flexibility index (Phi) is 5.86. The molecule has 0 bridgehead atoms. The average molecular weight is 325 g/mol. The first-order valence-electron chi connectivity index (χ1n) is 8.67. The third kappa shape index (κ3) is 4.81. The van der Waals surface area contributed by atoms with E-state index in [1.807, 2.05) is 18.2 Å². The number of phenolic OH excluding ortho intramolecular Hbond substituents is 1. The summed E-state index contributed by atoms with van der Waals surface area (Å²) in [6.45, 7) is 7.15. The number of para-hydroxylation sites is 1. The number of nitrogens with zero attached hydrogens (tertiary/aromatic N) is 2. The summed E-state index contributed by atoms with van der Waals surface area (Å²) < 4.78 is 0. The lowest BCUT2D eigenvalue weighted by atomic mass is 10.1. The zero-order chi connectivity index (χ0) is 16.8. The van der Waals surface area contributed by atoms with E-state index in [0.29, 0.717) is 12.3 Å². The highest BCUT2D eigenvalue weighted by molar-refractivity contribution is 5.31. The largest absolute Gasteiger partial charge is 0.508 e. The summed E-state index contributed by atoms with van der Waals surface area (Å²) in [6.07, 6.45) is 0. The van der Waals surface area contributed by atoms with Crippen LogP contribution in [0.3, 0.4) is 0 Å². The third-order valence-corrected chi connectivity index (χ3v) is 4.66. The van der Waals surface area contributed by atoms with Crippen LogP contribution >= 0.6 is 0 Å². The van der Waals surface area contributed by atoms with Crippen molar-refractivity contribution in [2.45, 2.75) is 19.6 Å². The molecule has 128 valence electrons. The van der Waals surface area contributed by atoms with Gasteiger partial charge in [0.25, 0.3) is 0 Å². The van der Waals surface area contributed by atoms with Crippen molar-refractivity contribution in [3.63, 3.8) is 0 Å². The van der Waals surface area contributed by atoms with Gasteiger partial charge in [-0.3, -0.25) is 4.90 Å². The van der Waals surface area contributed by atoms with E-state index in [-0.39, 0.29) is 0 Å². The fourth-order valence-corrected chi connectivity index (χ4v) is 3.03. The van der Waals surface area contributed by atoms with Gasteiger partial charge in [0.2, 0.25) is 0 Å². The molecule has 24 heavy (non-hydrogen) atoms. The number of phenols is 1. The Labute approximate surface area is 144 Å². The maximum atomic E-state index is 9.77. The fourth-order valence-electron chi connectivity index (χ4n) is 3.03. The number of hydrogen-bond acceptors (Lipinski definition) is 4. The highest BCUT2D eigenvalue weighted by Crippen LogP contribution is 2.15. The fraction of sp³-hybridized carbons (Fsp3) is 0.400. The molecular formula is C20H27N3O. The molecule has 1 heterocycles. The maximum absolute atomic E-state index is 9.77. The molecule has 2 N–H and O–H groups in total. The SMILES string of the molecule is CN1CCN(Cc2ccc(CNCc3ccccc3O)cc2)CC1. The molecule has 1 aliphatic heterocycles. The van der Waals surface area contributed by atoms with E-state index in [9.17, 15) is 5.11 Å². The minimum absolute atomic E-state index is 0.354. The summed E-state index contributed by atoms with van der Waals surface area (Å²) >= 11 is 0. The van der Waals surface area contributed by atoms with E-state index in [1.165, 1.54) is 11.1 Å². The molecule has 0 aliphatic carbocycles. The minimum atomic E-state index is 0.354. The van der Waals surface area contributed by atoms with E-state index in [4.69, 9.17) is 0 Å². The van der Waals surface area contributed by atoms with Crippen molar-refractivity contribution in [1.29, 1.82) is 0 Å². The van der Waals surface area contributed by atoms with Crippen LogP contribution in [0.25, 0.3) is 0 Å². The lowest BCUT2D eigenvalue weighted by Gasteiger charge is -2.32. The quantitative estimate of drug-likeness (QED) is 0.856. The van der Waals surface area contributed by atoms with Gasteiger partial charge in [-0.05, 0) is 24.2 Å². The van der Waals surface area contributed by atoms with E-state index in [0.717, 1.165) is 44.8 Å². The van der Waals surface area contributed by atoms with Crippen molar-refractivity contribution in [2.24, 2.45) is 0 Å². The Balaban J connectivity index is 1.45. The van der Waals surface area contributed by atoms with Crippen LogP contribution in [0, 0.1) is 0 Å². The third-order valence-electron chi connectivity index (χ3n) is 4.66. The molecule has 0 amide bonds. The highest BCUT2D eigenvalue weighted by atomic mass is 16.3. The van der Waals surface area contributed by atoms with Gasteiger partial charge in [-0.1, -0.05) is 42.5 Å². The molecule has 0 radical (unpaired) electrons. The summed E-state index contributed by atoms with van der Waals surface area (Å²) in [4.78, 5) is 4.90. The van der Waals surface area contributed by atoms with Crippen LogP contribution < -0.4 is 5.32 Å². The standard InChI is InChI=1S/C20H27N3O/c1-22-10-12-23(13-11-22)16-18-8-6-17(7-9-18)14-21-15-19-4-2-3-5-20(19)24/h2-9,21,24H,10-16H2,1H3. The normalized spacial score (nSPS) is 16.4. The smallest absolute Gasteiger partial charge is 0.120 e. The number of likely N-dealkylation sites (N-methyl/N-ethyl adjacent to an activating group) is 1. The van der Waals surface area contributed by atoms with Crippen LogP contribution in [0.5, 0.6) is 5.75 Å². The van der Waals surface area contributed by atoms with Crippen LogP contribution in [0.4, 0.5) is 0 Å². The molecule has 2 aromatic rings. The molecule has 1 saturated heterocycles. The Bertz CT molecular complexity index is 634. The molecule has 1 aliphatic rings. The van der Waals surface area contributed by atoms with Gasteiger partial charge < -0.3 is 15.3 Å². The molecule has 0 atom stereocenters. The number of hydrogen-bond donors (Lipinski definition) is 2. The molecule has 3 rings (SSSR count). The topological polar surface area (TPSA) is 38.7 Å². The van der Waals surface area contributed by atoms with Gasteiger partial charge in [0, 0.05) is 51.4 Å². The lowest BCUT2D eigenvalue weighted by Crippen LogP contribution is -2.43. The van der Waals surface area contributed by atoms with Gasteiger partial charge in [0.15, 0.2) is 0 Å². The molecule has 0 aromatic heterocycles. The van der Waals surface area contributed by atoms with Gasteiger partial charge in [-0.15, -0.1) is 0 Å². The predicted octanol–water partition coefficient (Wildman–Crippen LogP) is 2.43. The molecular weight excluding hydrogens is 298 g/mol. The van der Waals surface area contributed by atoms with E-state index in [1.54, 1.807) is 6.07 Å². The number of piperazine rings is 1. The molecule has 1 fully saturated rings. The maximum Gasteiger partial charge on any atom is 0.120 e. The monoisotopic (exact) mass is 325 g/mol. The lowest BCUT2D eigenvalue weighted by molar-refractivity contribution is 0.148. The summed E-state index contributed by atoms with van der Waals surface area (Å²) in [6, 6.07) is 16.3. The number of aromatic hydroxyl groups is 1. The van der Waals surface area contributed by atoms with Gasteiger partial charge >= 0.3 is 0 Å². The van der Waals surface area contributed by atoms with E-state index in [2.05, 4.69) is 46.4 Å². The highest BCUT2D eigenvalue weighted by Gasteiger charge is 2.13. The van der Waals surface area contributed by atoms with Crippen LogP contribution in [-0.2, 0) is 19.6 Å². The summed E-state index contributed by atoms with van der Waals surface area (Å²) in [7, 11) is 2.19.